The van der Waals surface area contributed by atoms with Crippen LogP contribution < -0.4 is 14.9 Å². The van der Waals surface area contributed by atoms with Crippen LogP contribution in [0.1, 0.15) is 53.4 Å². The Bertz CT molecular complexity index is 2150. The summed E-state index contributed by atoms with van der Waals surface area (Å²) >= 11 is 2.56. The molecule has 0 saturated carbocycles. The van der Waals surface area contributed by atoms with E-state index in [9.17, 15) is 32.7 Å². The van der Waals surface area contributed by atoms with Crippen LogP contribution in [0.15, 0.2) is 72.9 Å². The van der Waals surface area contributed by atoms with Crippen molar-refractivity contribution in [2.75, 3.05) is 21.2 Å². The van der Waals surface area contributed by atoms with Gasteiger partial charge < -0.3 is 20.0 Å². The normalized spacial score (nSPS) is 12.3. The zero-order valence-corrected chi connectivity index (χ0v) is 29.0. The van der Waals surface area contributed by atoms with Crippen molar-refractivity contribution in [2.24, 2.45) is 0 Å². The molecule has 0 fully saturated rings. The molecule has 0 atom stereocenters. The Morgan fingerprint density at radius 3 is 2.30 bits per heavy atom. The van der Waals surface area contributed by atoms with E-state index in [1.165, 1.54) is 6.07 Å². The van der Waals surface area contributed by atoms with E-state index < -0.39 is 29.5 Å². The van der Waals surface area contributed by atoms with Crippen LogP contribution in [0, 0.1) is 20.8 Å². The average Bonchev–Trinajstić information content (AvgIpc) is 3.55. The molecule has 256 valence electrons. The van der Waals surface area contributed by atoms with E-state index in [0.29, 0.717) is 23.3 Å². The van der Waals surface area contributed by atoms with Crippen molar-refractivity contribution in [1.29, 1.82) is 0 Å². The van der Waals surface area contributed by atoms with Crippen LogP contribution in [0.5, 0.6) is 0 Å². The zero-order valence-electron chi connectivity index (χ0n) is 27.4. The number of benzene rings is 3. The highest BCUT2D eigenvalue weighted by molar-refractivity contribution is 7.99. The van der Waals surface area contributed by atoms with E-state index in [-0.39, 0.29) is 17.1 Å². The lowest BCUT2D eigenvalue weighted by Crippen LogP contribution is -2.23. The molecule has 0 bridgehead atoms. The number of thiophene rings is 1. The summed E-state index contributed by atoms with van der Waals surface area (Å²) in [6, 6.07) is 18.5. The van der Waals surface area contributed by atoms with E-state index in [1.807, 2.05) is 63.4 Å². The molecule has 50 heavy (non-hydrogen) atoms. The fourth-order valence-electron chi connectivity index (χ4n) is 6.17. The number of carboxylic acid groups (broad SMARTS) is 1. The number of hydrogen-bond donors (Lipinski definition) is 3. The first kappa shape index (κ1) is 34.7. The molecule has 3 heterocycles. The Morgan fingerprint density at radius 2 is 1.66 bits per heavy atom. The first-order chi connectivity index (χ1) is 23.7. The fraction of sp³-hybridized carbons (Fsp3) is 0.189. The lowest BCUT2D eigenvalue weighted by molar-refractivity contribution is -0.138. The second kappa shape index (κ2) is 13.6. The summed E-state index contributed by atoms with van der Waals surface area (Å²) in [5.41, 5.74) is 8.62. The van der Waals surface area contributed by atoms with Gasteiger partial charge in [0.25, 0.3) is 11.8 Å². The molecule has 3 aromatic carbocycles. The van der Waals surface area contributed by atoms with Gasteiger partial charge >= 0.3 is 12.1 Å². The number of alkyl halides is 3. The molecule has 0 aliphatic carbocycles. The van der Waals surface area contributed by atoms with E-state index in [2.05, 4.69) is 19.9 Å². The van der Waals surface area contributed by atoms with Crippen LogP contribution in [-0.2, 0) is 23.9 Å². The summed E-state index contributed by atoms with van der Waals surface area (Å²) in [5, 5.41) is 15.6. The van der Waals surface area contributed by atoms with Crippen molar-refractivity contribution in [1.82, 2.24) is 4.98 Å². The Kier molecular flexibility index (Phi) is 9.47. The molecule has 0 unspecified atom stereocenters. The molecule has 3 N–H and O–H groups in total. The molecule has 1 aliphatic heterocycles. The van der Waals surface area contributed by atoms with Gasteiger partial charge in [-0.05, 0) is 96.1 Å². The average molecular weight is 717 g/mol. The first-order valence-electron chi connectivity index (χ1n) is 15.4. The summed E-state index contributed by atoms with van der Waals surface area (Å²) in [7, 11) is 0. The molecule has 0 radical (unpaired) electrons. The number of hydrogen-bond acceptors (Lipinski definition) is 7. The summed E-state index contributed by atoms with van der Waals surface area (Å²) < 4.78 is 40.7. The number of aromatic nitrogens is 1. The molecule has 0 spiro atoms. The fourth-order valence-corrected chi connectivity index (χ4v) is 7.65. The molecule has 13 heteroatoms. The number of anilines is 3. The van der Waals surface area contributed by atoms with Crippen molar-refractivity contribution in [2.45, 2.75) is 39.9 Å². The van der Waals surface area contributed by atoms with Crippen molar-refractivity contribution < 1.29 is 32.7 Å². The van der Waals surface area contributed by atoms with Gasteiger partial charge in [0.15, 0.2) is 0 Å². The lowest BCUT2D eigenvalue weighted by atomic mass is 9.80. The van der Waals surface area contributed by atoms with Crippen LogP contribution >= 0.6 is 23.3 Å². The third-order valence-corrected chi connectivity index (χ3v) is 10.3. The molecule has 2 aromatic heterocycles. The molecule has 2 amide bonds. The SMILES string of the molecule is CSN1Cc2ccc(C(=O)Nc3ccc(C(=O)Nc4ccc(C(F)(F)F)cn4)s3)cc2-c2c(C)c(-c3ccc(C)cc3)c(CC(=O)O)c(C)c21. The Morgan fingerprint density at radius 1 is 0.920 bits per heavy atom. The number of halogens is 3. The largest absolute Gasteiger partial charge is 0.481 e. The molecule has 8 nitrogen and oxygen atoms in total. The number of pyridine rings is 1. The topological polar surface area (TPSA) is 112 Å². The van der Waals surface area contributed by atoms with Crippen LogP contribution in [-0.4, -0.2) is 34.1 Å². The van der Waals surface area contributed by atoms with Gasteiger partial charge in [-0.3, -0.25) is 14.4 Å². The maximum absolute atomic E-state index is 13.6. The highest BCUT2D eigenvalue weighted by atomic mass is 32.2. The Hall–Kier alpha value is -5.14. The van der Waals surface area contributed by atoms with Crippen LogP contribution in [0.3, 0.4) is 0 Å². The van der Waals surface area contributed by atoms with Crippen LogP contribution in [0.4, 0.5) is 29.7 Å². The number of aliphatic carboxylic acids is 1. The molecule has 6 rings (SSSR count). The van der Waals surface area contributed by atoms with Crippen molar-refractivity contribution in [3.8, 4) is 22.3 Å². The van der Waals surface area contributed by atoms with E-state index >= 15 is 0 Å². The van der Waals surface area contributed by atoms with E-state index in [1.54, 1.807) is 24.1 Å². The third kappa shape index (κ3) is 6.83. The summed E-state index contributed by atoms with van der Waals surface area (Å²) in [6.07, 6.45) is -2.05. The molecule has 0 saturated heterocycles. The number of nitrogens with zero attached hydrogens (tertiary/aromatic N) is 2. The number of amides is 2. The Balaban J connectivity index is 1.31. The van der Waals surface area contributed by atoms with Gasteiger partial charge in [0.05, 0.1) is 34.1 Å². The van der Waals surface area contributed by atoms with Gasteiger partial charge in [0.2, 0.25) is 0 Å². The number of nitrogens with one attached hydrogen (secondary N) is 2. The molecular weight excluding hydrogens is 686 g/mol. The van der Waals surface area contributed by atoms with Gasteiger partial charge in [0, 0.05) is 23.6 Å². The molecule has 5 aromatic rings. The van der Waals surface area contributed by atoms with Gasteiger partial charge in [-0.25, -0.2) is 4.98 Å². The Labute approximate surface area is 294 Å². The number of aryl methyl sites for hydroxylation is 1. The van der Waals surface area contributed by atoms with Gasteiger partial charge in [-0.2, -0.15) is 13.2 Å². The number of fused-ring (bicyclic) bond motifs is 3. The summed E-state index contributed by atoms with van der Waals surface area (Å²) in [6.45, 7) is 6.51. The minimum Gasteiger partial charge on any atom is -0.481 e. The van der Waals surface area contributed by atoms with Gasteiger partial charge in [-0.1, -0.05) is 47.8 Å². The highest BCUT2D eigenvalue weighted by Gasteiger charge is 2.32. The van der Waals surface area contributed by atoms with E-state index in [0.717, 1.165) is 79.2 Å². The second-order valence-electron chi connectivity index (χ2n) is 11.9. The summed E-state index contributed by atoms with van der Waals surface area (Å²) in [5.74, 6) is -1.93. The maximum atomic E-state index is 13.6. The van der Waals surface area contributed by atoms with Crippen LogP contribution in [0.25, 0.3) is 22.3 Å². The quantitative estimate of drug-likeness (QED) is 0.137. The minimum absolute atomic E-state index is 0.0393. The number of carboxylic acids is 1. The summed E-state index contributed by atoms with van der Waals surface area (Å²) in [4.78, 5) is 42.3. The second-order valence-corrected chi connectivity index (χ2v) is 13.7. The van der Waals surface area contributed by atoms with Crippen LogP contribution in [0.2, 0.25) is 0 Å². The maximum Gasteiger partial charge on any atom is 0.417 e. The first-order valence-corrected chi connectivity index (χ1v) is 17.4. The van der Waals surface area contributed by atoms with Crippen molar-refractivity contribution >= 4 is 57.6 Å². The van der Waals surface area contributed by atoms with Gasteiger partial charge in [-0.15, -0.1) is 11.3 Å². The number of carbonyl (C=O) groups excluding carboxylic acids is 2. The monoisotopic (exact) mass is 716 g/mol. The minimum atomic E-state index is -4.54. The van der Waals surface area contributed by atoms with Crippen molar-refractivity contribution in [3.63, 3.8) is 0 Å². The van der Waals surface area contributed by atoms with Crippen molar-refractivity contribution in [3.05, 3.63) is 117 Å². The third-order valence-electron chi connectivity index (χ3n) is 8.59. The predicted molar refractivity (Wildman–Crippen MR) is 192 cm³/mol. The van der Waals surface area contributed by atoms with Gasteiger partial charge in [0.1, 0.15) is 5.82 Å². The predicted octanol–water partition coefficient (Wildman–Crippen LogP) is 9.15. The number of rotatable bonds is 8. The molecule has 1 aliphatic rings. The smallest absolute Gasteiger partial charge is 0.417 e. The number of carbonyl (C=O) groups is 3. The zero-order chi connectivity index (χ0) is 35.9. The lowest BCUT2D eigenvalue weighted by Gasteiger charge is -2.36. The standard InChI is InChI=1S/C37H31F3N4O4S2/c1-19-5-7-22(8-6-19)32-21(3)33-27-15-23(9-10-24(27)18-44(49-4)34(33)20(2)26(32)16-31(45)46)35(47)43-30-14-12-28(50-30)36(48)42-29-13-11-25(17-41-29)37(38,39)40/h5-15,17H,16,18H2,1-4H3,(H,43,47)(H,45,46)(H,41,42,48). The molecular formula is C37H31F3N4O4S2. The highest BCUT2D eigenvalue weighted by Crippen LogP contribution is 2.50. The van der Waals surface area contributed by atoms with E-state index in [4.69, 9.17) is 0 Å².